The Balaban J connectivity index is 3.06. The number of rotatable bonds is 22. The molecule has 0 aliphatic rings. The van der Waals surface area contributed by atoms with Crippen LogP contribution in [0, 0.1) is 0 Å². The summed E-state index contributed by atoms with van der Waals surface area (Å²) in [6, 6.07) is 0. The van der Waals surface area contributed by atoms with Crippen molar-refractivity contribution in [1.29, 1.82) is 0 Å². The summed E-state index contributed by atoms with van der Waals surface area (Å²) >= 11 is 0. The Morgan fingerprint density at radius 3 is 1.44 bits per heavy atom. The average molecular weight is 386 g/mol. The van der Waals surface area contributed by atoms with E-state index in [0.717, 1.165) is 19.3 Å². The molecule has 1 radical (unpaired) electrons. The highest BCUT2D eigenvalue weighted by atomic mass is 16.5. The van der Waals surface area contributed by atoms with Gasteiger partial charge in [-0.25, -0.2) is 5.11 Å². The maximum atomic E-state index is 10.4. The molecule has 4 nitrogen and oxygen atoms in total. The van der Waals surface area contributed by atoms with Gasteiger partial charge in [-0.2, -0.15) is 0 Å². The standard InChI is InChI=1S/C23H45O4/c1-22(27-21-20-24)18-16-14-12-10-8-6-4-2-3-5-7-9-11-13-15-17-19-23(25)26/h22H,2-21H2,1H3,(H,25,26). The van der Waals surface area contributed by atoms with Crippen molar-refractivity contribution in [3.63, 3.8) is 0 Å². The first kappa shape index (κ1) is 26.4. The predicted octanol–water partition coefficient (Wildman–Crippen LogP) is 6.93. The van der Waals surface area contributed by atoms with Crippen LogP contribution in [-0.4, -0.2) is 30.4 Å². The first-order valence-corrected chi connectivity index (χ1v) is 11.6. The summed E-state index contributed by atoms with van der Waals surface area (Å²) in [5.41, 5.74) is 0. The summed E-state index contributed by atoms with van der Waals surface area (Å²) in [4.78, 5) is 10.4. The van der Waals surface area contributed by atoms with E-state index in [1.807, 2.05) is 0 Å². The van der Waals surface area contributed by atoms with Crippen molar-refractivity contribution >= 4 is 5.97 Å². The smallest absolute Gasteiger partial charge is 0.303 e. The van der Waals surface area contributed by atoms with Gasteiger partial charge < -0.3 is 9.84 Å². The normalized spacial score (nSPS) is 12.4. The zero-order chi connectivity index (χ0) is 20.0. The first-order valence-electron chi connectivity index (χ1n) is 11.6. The van der Waals surface area contributed by atoms with Crippen LogP contribution in [-0.2, 0) is 14.6 Å². The van der Waals surface area contributed by atoms with Crippen molar-refractivity contribution in [2.75, 3.05) is 13.2 Å². The minimum Gasteiger partial charge on any atom is -0.481 e. The van der Waals surface area contributed by atoms with Crippen LogP contribution in [0.1, 0.15) is 122 Å². The fourth-order valence-electron chi connectivity index (χ4n) is 3.52. The van der Waals surface area contributed by atoms with E-state index in [0.29, 0.717) is 13.0 Å². The van der Waals surface area contributed by atoms with Gasteiger partial charge in [-0.3, -0.25) is 4.79 Å². The molecule has 161 valence electrons. The van der Waals surface area contributed by atoms with Crippen molar-refractivity contribution in [2.45, 2.75) is 129 Å². The maximum absolute atomic E-state index is 10.4. The third-order valence-corrected chi connectivity index (χ3v) is 5.24. The first-order chi connectivity index (χ1) is 13.2. The Hall–Kier alpha value is -0.610. The zero-order valence-corrected chi connectivity index (χ0v) is 17.9. The zero-order valence-electron chi connectivity index (χ0n) is 17.9. The van der Waals surface area contributed by atoms with E-state index in [2.05, 4.69) is 6.92 Å². The fraction of sp³-hybridized carbons (Fsp3) is 0.957. The quantitative estimate of drug-likeness (QED) is 0.205. The highest BCUT2D eigenvalue weighted by molar-refractivity contribution is 5.66. The fourth-order valence-corrected chi connectivity index (χ4v) is 3.52. The number of carboxylic acid groups (broad SMARTS) is 1. The summed E-state index contributed by atoms with van der Waals surface area (Å²) in [5.74, 6) is -0.664. The molecule has 0 amide bonds. The summed E-state index contributed by atoms with van der Waals surface area (Å²) in [5, 5.41) is 18.9. The lowest BCUT2D eigenvalue weighted by atomic mass is 10.0. The lowest BCUT2D eigenvalue weighted by Crippen LogP contribution is -2.10. The molecular weight excluding hydrogens is 340 g/mol. The highest BCUT2D eigenvalue weighted by Crippen LogP contribution is 2.14. The van der Waals surface area contributed by atoms with Gasteiger partial charge in [0.05, 0.1) is 12.7 Å². The molecule has 0 aliphatic carbocycles. The van der Waals surface area contributed by atoms with E-state index in [-0.39, 0.29) is 12.7 Å². The van der Waals surface area contributed by atoms with Crippen LogP contribution in [0.25, 0.3) is 0 Å². The molecule has 0 rings (SSSR count). The summed E-state index contributed by atoms with van der Waals surface area (Å²) in [6.07, 6.45) is 22.2. The minimum atomic E-state index is -0.664. The Labute approximate surface area is 168 Å². The van der Waals surface area contributed by atoms with Crippen molar-refractivity contribution in [1.82, 2.24) is 0 Å². The Kier molecular flexibility index (Phi) is 21.2. The van der Waals surface area contributed by atoms with Crippen LogP contribution >= 0.6 is 0 Å². The third kappa shape index (κ3) is 23.4. The lowest BCUT2D eigenvalue weighted by Gasteiger charge is -2.11. The van der Waals surface area contributed by atoms with Crippen molar-refractivity contribution in [3.8, 4) is 0 Å². The van der Waals surface area contributed by atoms with Gasteiger partial charge in [0.25, 0.3) is 0 Å². The van der Waals surface area contributed by atoms with Gasteiger partial charge in [0.1, 0.15) is 6.61 Å². The molecule has 0 heterocycles. The highest BCUT2D eigenvalue weighted by Gasteiger charge is 2.01. The van der Waals surface area contributed by atoms with Crippen molar-refractivity contribution in [3.05, 3.63) is 0 Å². The Morgan fingerprint density at radius 2 is 1.07 bits per heavy atom. The van der Waals surface area contributed by atoms with Gasteiger partial charge in [0.2, 0.25) is 0 Å². The molecule has 0 aromatic rings. The van der Waals surface area contributed by atoms with E-state index < -0.39 is 5.97 Å². The number of ether oxygens (including phenoxy) is 1. The molecule has 0 saturated heterocycles. The number of aliphatic carboxylic acids is 1. The predicted molar refractivity (Wildman–Crippen MR) is 112 cm³/mol. The van der Waals surface area contributed by atoms with E-state index in [4.69, 9.17) is 9.84 Å². The van der Waals surface area contributed by atoms with Crippen LogP contribution in [0.3, 0.4) is 0 Å². The van der Waals surface area contributed by atoms with E-state index in [9.17, 15) is 9.90 Å². The third-order valence-electron chi connectivity index (χ3n) is 5.24. The van der Waals surface area contributed by atoms with Gasteiger partial charge >= 0.3 is 5.97 Å². The van der Waals surface area contributed by atoms with E-state index in [1.165, 1.54) is 89.9 Å². The molecule has 0 spiro atoms. The van der Waals surface area contributed by atoms with Crippen molar-refractivity contribution < 1.29 is 19.7 Å². The van der Waals surface area contributed by atoms with Gasteiger partial charge in [-0.05, 0) is 19.8 Å². The molecule has 0 aromatic heterocycles. The van der Waals surface area contributed by atoms with Crippen LogP contribution in [0.2, 0.25) is 0 Å². The summed E-state index contributed by atoms with van der Waals surface area (Å²) in [6.45, 7) is 2.30. The maximum Gasteiger partial charge on any atom is 0.303 e. The molecule has 0 fully saturated rings. The molecular formula is C23H45O4. The van der Waals surface area contributed by atoms with Crippen LogP contribution in [0.15, 0.2) is 0 Å². The van der Waals surface area contributed by atoms with E-state index >= 15 is 0 Å². The van der Waals surface area contributed by atoms with E-state index in [1.54, 1.807) is 0 Å². The van der Waals surface area contributed by atoms with Crippen molar-refractivity contribution in [2.24, 2.45) is 0 Å². The van der Waals surface area contributed by atoms with Gasteiger partial charge in [0, 0.05) is 6.42 Å². The number of hydrogen-bond donors (Lipinski definition) is 1. The molecule has 0 saturated carbocycles. The van der Waals surface area contributed by atoms with Crippen LogP contribution in [0.5, 0.6) is 0 Å². The van der Waals surface area contributed by atoms with Crippen LogP contribution in [0.4, 0.5) is 0 Å². The molecule has 1 unspecified atom stereocenters. The van der Waals surface area contributed by atoms with Gasteiger partial charge in [-0.1, -0.05) is 96.3 Å². The number of hydrogen-bond acceptors (Lipinski definition) is 2. The lowest BCUT2D eigenvalue weighted by molar-refractivity contribution is -0.137. The summed E-state index contributed by atoms with van der Waals surface area (Å²) < 4.78 is 5.40. The number of carboxylic acids is 1. The van der Waals surface area contributed by atoms with Crippen LogP contribution < -0.4 is 0 Å². The number of carbonyl (C=O) groups is 1. The Morgan fingerprint density at radius 1 is 0.704 bits per heavy atom. The SMILES string of the molecule is CC(CCCCCCCCCCCCCCCCCCC(=O)O)OCC[O]. The number of unbranched alkanes of at least 4 members (excludes halogenated alkanes) is 15. The molecule has 27 heavy (non-hydrogen) atoms. The minimum absolute atomic E-state index is 0.124. The Bertz CT molecular complexity index is 307. The summed E-state index contributed by atoms with van der Waals surface area (Å²) in [7, 11) is 0. The molecule has 0 bridgehead atoms. The van der Waals surface area contributed by atoms with Gasteiger partial charge in [0.15, 0.2) is 0 Å². The van der Waals surface area contributed by atoms with Gasteiger partial charge in [-0.15, -0.1) is 0 Å². The second-order valence-electron chi connectivity index (χ2n) is 7.97. The molecule has 1 atom stereocenters. The second kappa shape index (κ2) is 21.7. The monoisotopic (exact) mass is 385 g/mol. The molecule has 0 aromatic carbocycles. The largest absolute Gasteiger partial charge is 0.481 e. The second-order valence-corrected chi connectivity index (χ2v) is 7.97. The average Bonchev–Trinajstić information content (AvgIpc) is 2.65. The molecule has 1 N–H and O–H groups in total. The molecule has 4 heteroatoms. The molecule has 0 aliphatic heterocycles. The topological polar surface area (TPSA) is 66.4 Å².